The van der Waals surface area contributed by atoms with Gasteiger partial charge in [-0.1, -0.05) is 135 Å². The minimum atomic E-state index is -2.06. The molecule has 1 aromatic heterocycles. The van der Waals surface area contributed by atoms with E-state index >= 15 is 4.79 Å². The van der Waals surface area contributed by atoms with Crippen LogP contribution in [-0.2, 0) is 24.8 Å². The van der Waals surface area contributed by atoms with Gasteiger partial charge in [0.15, 0.2) is 16.6 Å². The summed E-state index contributed by atoms with van der Waals surface area (Å²) in [6.07, 6.45) is 6.51. The molecule has 2 aromatic rings. The summed E-state index contributed by atoms with van der Waals surface area (Å²) in [5, 5.41) is 1.30. The zero-order chi connectivity index (χ0) is 48.0. The molecule has 4 aliphatic rings. The van der Waals surface area contributed by atoms with Crippen LogP contribution in [0.25, 0.3) is 0 Å². The Hall–Kier alpha value is -0.829. The van der Waals surface area contributed by atoms with E-state index in [0.29, 0.717) is 24.3 Å². The molecule has 1 heterocycles. The van der Waals surface area contributed by atoms with Gasteiger partial charge in [-0.05, 0) is 145 Å². The van der Waals surface area contributed by atoms with E-state index in [1.165, 1.54) is 0 Å². The van der Waals surface area contributed by atoms with E-state index in [0.717, 1.165) is 82.3 Å². The van der Waals surface area contributed by atoms with Crippen LogP contribution < -0.4 is 5.38 Å². The fourth-order valence-corrected chi connectivity index (χ4v) is 21.8. The Kier molecular flexibility index (Phi) is 14.7. The van der Waals surface area contributed by atoms with Gasteiger partial charge in [-0.3, -0.25) is 4.79 Å². The summed E-state index contributed by atoms with van der Waals surface area (Å²) in [5.74, 6) is 0.674. The molecule has 0 radical (unpaired) electrons. The first-order chi connectivity index (χ1) is 29.3. The highest BCUT2D eigenvalue weighted by atomic mass is 79.9. The summed E-state index contributed by atoms with van der Waals surface area (Å²) in [4.78, 5) is 30.0. The van der Waals surface area contributed by atoms with Crippen molar-refractivity contribution in [2.75, 3.05) is 0 Å². The predicted molar refractivity (Wildman–Crippen MR) is 279 cm³/mol. The molecule has 6 rings (SSSR count). The number of aryl methyl sites for hydroxylation is 1. The Balaban J connectivity index is 1.48. The first-order valence-corrected chi connectivity index (χ1v) is 35.0. The largest absolute Gasteiger partial charge is 0.471 e. The van der Waals surface area contributed by atoms with Gasteiger partial charge < -0.3 is 18.0 Å². The number of ketones is 1. The highest BCUT2D eigenvalue weighted by Crippen LogP contribution is 2.77. The highest BCUT2D eigenvalue weighted by molar-refractivity contribution is 9.11. The van der Waals surface area contributed by atoms with Gasteiger partial charge in [0.05, 0.1) is 29.1 Å². The number of fused-ring (bicyclic) bond motifs is 4. The molecule has 0 N–H and O–H groups in total. The third kappa shape index (κ3) is 8.74. The summed E-state index contributed by atoms with van der Waals surface area (Å²) < 4.78 is 30.6. The van der Waals surface area contributed by atoms with E-state index < -0.39 is 48.1 Å². The lowest BCUT2D eigenvalue weighted by Crippen LogP contribution is -2.65. The first kappa shape index (κ1) is 52.5. The second kappa shape index (κ2) is 17.8. The minimum Gasteiger partial charge on any atom is -0.471 e. The number of furan rings is 1. The SMILES string of the molecule is CC[Si](CC)(CC)O[C@@H]1CC[C@@]2(C)[C@@H]([C@H](Cc3cc(C)c([Si](C)(C)C(C)(C)C)o3)OC(=O)c3cc(Br)cc(Br)c3)C(=O)C[C@@H]2[C@]12CC[C@H]1C(C)(C)[C@@H](O[Si](C)(C)C(C)(C)C)CC[C@@]12C. The van der Waals surface area contributed by atoms with Crippen LogP contribution in [0.3, 0.4) is 0 Å². The zero-order valence-corrected chi connectivity index (χ0v) is 49.4. The van der Waals surface area contributed by atoms with E-state index in [-0.39, 0.29) is 50.2 Å². The number of Topliss-reactive ketones (excluding diaryl/α,β-unsaturated/α-hetero) is 1. The van der Waals surface area contributed by atoms with Crippen molar-refractivity contribution < 1.29 is 27.6 Å². The van der Waals surface area contributed by atoms with Gasteiger partial charge in [0.2, 0.25) is 0 Å². The number of ether oxygens (including phenoxy) is 1. The van der Waals surface area contributed by atoms with Crippen LogP contribution in [0.15, 0.2) is 37.6 Å². The Morgan fingerprint density at radius 3 is 1.92 bits per heavy atom. The standard InChI is InChI=1S/C53H86Br2O6Si3/c1-19-64(20-2,21-3)61-44-23-25-51(13)42(53(44)27-22-41-50(11,12)43(24-26-52(41,53)14)60-63(17,18)49(8,9)10)33-39(56)45(51)40(59-46(57)35-29-36(54)31-37(55)30-35)32-38-28-34(4)47(58-38)62(15,16)48(5,6)7/h28-31,40-45H,19-27,32-33H2,1-18H3/t40-,41-,42-,43-,44+,45+,51+,52-,53+/m0/s1. The van der Waals surface area contributed by atoms with Gasteiger partial charge in [-0.15, -0.1) is 0 Å². The maximum atomic E-state index is 15.5. The molecule has 360 valence electrons. The maximum Gasteiger partial charge on any atom is 0.338 e. The molecule has 0 unspecified atom stereocenters. The number of carbonyl (C=O) groups is 2. The average Bonchev–Trinajstić information content (AvgIpc) is 3.80. The van der Waals surface area contributed by atoms with Gasteiger partial charge >= 0.3 is 5.97 Å². The Morgan fingerprint density at radius 1 is 0.797 bits per heavy atom. The monoisotopic (exact) mass is 1060 g/mol. The number of hydrogen-bond donors (Lipinski definition) is 0. The molecule has 4 saturated carbocycles. The van der Waals surface area contributed by atoms with Gasteiger partial charge in [-0.2, -0.15) is 0 Å². The molecule has 0 amide bonds. The van der Waals surface area contributed by atoms with Crippen LogP contribution in [0.5, 0.6) is 0 Å². The second-order valence-corrected chi connectivity index (χ2v) is 41.8. The Labute approximate surface area is 409 Å². The molecule has 6 nitrogen and oxygen atoms in total. The number of halogens is 2. The molecule has 0 aliphatic heterocycles. The Bertz CT molecular complexity index is 2030. The van der Waals surface area contributed by atoms with Crippen LogP contribution in [0, 0.1) is 46.3 Å². The molecular weight excluding hydrogens is 977 g/mol. The van der Waals surface area contributed by atoms with Crippen molar-refractivity contribution in [1.82, 2.24) is 0 Å². The minimum absolute atomic E-state index is 0.0451. The molecule has 4 aliphatic carbocycles. The molecular formula is C53H86Br2O6Si3. The highest BCUT2D eigenvalue weighted by Gasteiger charge is 2.75. The van der Waals surface area contributed by atoms with Crippen molar-refractivity contribution in [3.05, 3.63) is 50.1 Å². The number of benzene rings is 1. The van der Waals surface area contributed by atoms with Gasteiger partial charge in [0.1, 0.15) is 25.7 Å². The lowest BCUT2D eigenvalue weighted by atomic mass is 9.41. The molecule has 1 spiro atoms. The molecule has 9 atom stereocenters. The van der Waals surface area contributed by atoms with Crippen LogP contribution >= 0.6 is 31.9 Å². The van der Waals surface area contributed by atoms with Crippen molar-refractivity contribution in [1.29, 1.82) is 0 Å². The summed E-state index contributed by atoms with van der Waals surface area (Å²) in [5.41, 5.74) is 0.890. The summed E-state index contributed by atoms with van der Waals surface area (Å²) in [6.45, 7) is 42.9. The normalized spacial score (nSPS) is 31.6. The summed E-state index contributed by atoms with van der Waals surface area (Å²) >= 11 is 7.20. The fraction of sp³-hybridized carbons (Fsp3) is 0.774. The van der Waals surface area contributed by atoms with E-state index in [1.807, 2.05) is 18.2 Å². The fourth-order valence-electron chi connectivity index (χ4n) is 14.0. The molecule has 11 heteroatoms. The van der Waals surface area contributed by atoms with Crippen molar-refractivity contribution in [3.8, 4) is 0 Å². The van der Waals surface area contributed by atoms with E-state index in [4.69, 9.17) is 18.0 Å². The van der Waals surface area contributed by atoms with E-state index in [9.17, 15) is 4.79 Å². The number of hydrogen-bond acceptors (Lipinski definition) is 6. The van der Waals surface area contributed by atoms with Crippen molar-refractivity contribution in [3.63, 3.8) is 0 Å². The average molecular weight is 1060 g/mol. The molecule has 64 heavy (non-hydrogen) atoms. The van der Waals surface area contributed by atoms with Crippen LogP contribution in [-0.4, -0.2) is 54.8 Å². The number of carbonyl (C=O) groups excluding carboxylic acids is 2. The second-order valence-electron chi connectivity index (χ2n) is 25.3. The number of esters is 1. The maximum absolute atomic E-state index is 15.5. The zero-order valence-electron chi connectivity index (χ0n) is 43.3. The smallest absolute Gasteiger partial charge is 0.338 e. The van der Waals surface area contributed by atoms with Gasteiger partial charge in [-0.25, -0.2) is 4.79 Å². The topological polar surface area (TPSA) is 75.0 Å². The van der Waals surface area contributed by atoms with Gasteiger partial charge in [0, 0.05) is 27.2 Å². The van der Waals surface area contributed by atoms with Crippen LogP contribution in [0.2, 0.25) is 54.4 Å². The van der Waals surface area contributed by atoms with Crippen molar-refractivity contribution in [2.24, 2.45) is 39.4 Å². The quantitative estimate of drug-likeness (QED) is 0.147. The third-order valence-corrected chi connectivity index (χ3v) is 35.3. The first-order valence-electron chi connectivity index (χ1n) is 25.0. The lowest BCUT2D eigenvalue weighted by molar-refractivity contribution is -0.201. The summed E-state index contributed by atoms with van der Waals surface area (Å²) in [6, 6.07) is 11.0. The lowest BCUT2D eigenvalue weighted by Gasteiger charge is -2.66. The molecule has 1 aromatic carbocycles. The van der Waals surface area contributed by atoms with Crippen molar-refractivity contribution >= 4 is 73.7 Å². The van der Waals surface area contributed by atoms with Gasteiger partial charge in [0.25, 0.3) is 0 Å². The van der Waals surface area contributed by atoms with E-state index in [2.05, 4.69) is 161 Å². The predicted octanol–water partition coefficient (Wildman–Crippen LogP) is 15.6. The number of rotatable bonds is 13. The van der Waals surface area contributed by atoms with Crippen molar-refractivity contribution in [2.45, 2.75) is 221 Å². The Morgan fingerprint density at radius 2 is 1.38 bits per heavy atom. The third-order valence-electron chi connectivity index (χ3n) is 19.8. The van der Waals surface area contributed by atoms with Crippen LogP contribution in [0.4, 0.5) is 0 Å². The molecule has 4 fully saturated rings. The van der Waals surface area contributed by atoms with E-state index in [1.54, 1.807) is 0 Å². The van der Waals surface area contributed by atoms with Crippen LogP contribution in [0.1, 0.15) is 157 Å². The molecule has 0 bridgehead atoms. The summed E-state index contributed by atoms with van der Waals surface area (Å²) in [7, 11) is -6.13. The molecule has 0 saturated heterocycles.